The van der Waals surface area contributed by atoms with Crippen LogP contribution in [-0.4, -0.2) is 23.6 Å². The summed E-state index contributed by atoms with van der Waals surface area (Å²) >= 11 is 0. The molecule has 1 saturated carbocycles. The highest BCUT2D eigenvalue weighted by Gasteiger charge is 2.34. The van der Waals surface area contributed by atoms with E-state index in [1.54, 1.807) is 0 Å². The molecule has 1 fully saturated rings. The summed E-state index contributed by atoms with van der Waals surface area (Å²) in [6.07, 6.45) is 9.09. The topological polar surface area (TPSA) is 0 Å². The van der Waals surface area contributed by atoms with Crippen LogP contribution in [0.4, 0.5) is 0 Å². The molecule has 0 saturated heterocycles. The van der Waals surface area contributed by atoms with Crippen molar-refractivity contribution in [2.45, 2.75) is 58.5 Å². The second kappa shape index (κ2) is 7.08. The third-order valence-electron chi connectivity index (χ3n) is 5.29. The fourth-order valence-electron chi connectivity index (χ4n) is 3.90. The molecule has 0 unspecified atom stereocenters. The molecule has 0 aromatic heterocycles. The van der Waals surface area contributed by atoms with Crippen LogP contribution in [0.2, 0.25) is 0 Å². The molecule has 2 rings (SSSR count). The molecule has 0 atom stereocenters. The van der Waals surface area contributed by atoms with E-state index < -0.39 is 0 Å². The van der Waals surface area contributed by atoms with Crippen LogP contribution in [-0.2, 0) is 6.54 Å². The van der Waals surface area contributed by atoms with E-state index in [1.807, 2.05) is 6.08 Å². The van der Waals surface area contributed by atoms with Crippen molar-refractivity contribution >= 4 is 6.08 Å². The molecule has 0 radical (unpaired) electrons. The zero-order chi connectivity index (χ0) is 14.4. The molecule has 0 amide bonds. The third-order valence-corrected chi connectivity index (χ3v) is 5.29. The summed E-state index contributed by atoms with van der Waals surface area (Å²) in [5.41, 5.74) is 2.72. The molecule has 0 spiro atoms. The predicted octanol–water partition coefficient (Wildman–Crippen LogP) is 5.02. The van der Waals surface area contributed by atoms with Crippen molar-refractivity contribution < 1.29 is 4.48 Å². The predicted molar refractivity (Wildman–Crippen MR) is 88.5 cm³/mol. The highest BCUT2D eigenvalue weighted by Crippen LogP contribution is 2.30. The minimum atomic E-state index is 0.867. The van der Waals surface area contributed by atoms with E-state index in [2.05, 4.69) is 44.7 Å². The van der Waals surface area contributed by atoms with Crippen molar-refractivity contribution in [3.8, 4) is 0 Å². The number of quaternary nitrogens is 1. The summed E-state index contributed by atoms with van der Waals surface area (Å²) in [6.45, 7) is 12.3. The van der Waals surface area contributed by atoms with Crippen LogP contribution in [0, 0.1) is 0 Å². The van der Waals surface area contributed by atoms with Gasteiger partial charge in [-0.15, -0.1) is 0 Å². The van der Waals surface area contributed by atoms with Gasteiger partial charge in [-0.2, -0.15) is 0 Å². The number of hydrogen-bond donors (Lipinski definition) is 0. The van der Waals surface area contributed by atoms with E-state index in [0.29, 0.717) is 0 Å². The molecule has 0 heterocycles. The van der Waals surface area contributed by atoms with Gasteiger partial charge in [0.05, 0.1) is 19.1 Å². The molecule has 0 bridgehead atoms. The lowest BCUT2D eigenvalue weighted by Gasteiger charge is -2.45. The first-order valence-corrected chi connectivity index (χ1v) is 8.31. The average molecular weight is 272 g/mol. The molecule has 1 aliphatic carbocycles. The van der Waals surface area contributed by atoms with Crippen LogP contribution in [0.25, 0.3) is 6.08 Å². The normalized spacial score (nSPS) is 17.1. The van der Waals surface area contributed by atoms with Crippen LogP contribution < -0.4 is 0 Å². The third kappa shape index (κ3) is 3.32. The van der Waals surface area contributed by atoms with Crippen molar-refractivity contribution in [1.29, 1.82) is 0 Å². The minimum absolute atomic E-state index is 0.867. The van der Waals surface area contributed by atoms with Crippen LogP contribution in [0.15, 0.2) is 30.8 Å². The maximum Gasteiger partial charge on any atom is 0.105 e. The van der Waals surface area contributed by atoms with Crippen LogP contribution >= 0.6 is 0 Å². The van der Waals surface area contributed by atoms with Gasteiger partial charge in [0.2, 0.25) is 0 Å². The maximum atomic E-state index is 3.89. The molecular weight excluding hydrogens is 242 g/mol. The number of nitrogens with zero attached hydrogens (tertiary/aromatic N) is 1. The average Bonchev–Trinajstić information content (AvgIpc) is 2.54. The molecule has 110 valence electrons. The van der Waals surface area contributed by atoms with Crippen LogP contribution in [0.5, 0.6) is 0 Å². The van der Waals surface area contributed by atoms with Gasteiger partial charge in [0.1, 0.15) is 6.54 Å². The Kier molecular flexibility index (Phi) is 5.42. The lowest BCUT2D eigenvalue weighted by Crippen LogP contribution is -2.55. The van der Waals surface area contributed by atoms with Gasteiger partial charge in [-0.05, 0) is 51.2 Å². The lowest BCUT2D eigenvalue weighted by atomic mass is 9.91. The van der Waals surface area contributed by atoms with Gasteiger partial charge < -0.3 is 4.48 Å². The van der Waals surface area contributed by atoms with Gasteiger partial charge in [0, 0.05) is 5.56 Å². The summed E-state index contributed by atoms with van der Waals surface area (Å²) in [7, 11) is 0. The molecular formula is C19H30N+. The Morgan fingerprint density at radius 1 is 1.15 bits per heavy atom. The second-order valence-corrected chi connectivity index (χ2v) is 6.25. The summed E-state index contributed by atoms with van der Waals surface area (Å²) in [6, 6.07) is 9.78. The quantitative estimate of drug-likeness (QED) is 0.638. The zero-order valence-corrected chi connectivity index (χ0v) is 13.3. The van der Waals surface area contributed by atoms with Crippen molar-refractivity contribution in [1.82, 2.24) is 0 Å². The summed E-state index contributed by atoms with van der Waals surface area (Å²) < 4.78 is 1.26. The monoisotopic (exact) mass is 272 g/mol. The molecule has 1 aromatic rings. The fourth-order valence-corrected chi connectivity index (χ4v) is 3.90. The van der Waals surface area contributed by atoms with E-state index >= 15 is 0 Å². The van der Waals surface area contributed by atoms with Crippen LogP contribution in [0.3, 0.4) is 0 Å². The van der Waals surface area contributed by atoms with Gasteiger partial charge in [-0.3, -0.25) is 0 Å². The molecule has 20 heavy (non-hydrogen) atoms. The number of benzene rings is 1. The van der Waals surface area contributed by atoms with E-state index in [4.69, 9.17) is 0 Å². The Labute approximate surface area is 124 Å². The van der Waals surface area contributed by atoms with E-state index in [-0.39, 0.29) is 0 Å². The van der Waals surface area contributed by atoms with Gasteiger partial charge in [0.25, 0.3) is 0 Å². The Bertz CT molecular complexity index is 425. The molecule has 0 aliphatic heterocycles. The van der Waals surface area contributed by atoms with Gasteiger partial charge in [-0.1, -0.05) is 37.3 Å². The first-order chi connectivity index (χ1) is 9.74. The number of rotatable bonds is 6. The van der Waals surface area contributed by atoms with Crippen LogP contribution in [0.1, 0.15) is 57.1 Å². The van der Waals surface area contributed by atoms with Gasteiger partial charge >= 0.3 is 0 Å². The summed E-state index contributed by atoms with van der Waals surface area (Å²) in [5.74, 6) is 0. The molecule has 1 heteroatoms. The Balaban J connectivity index is 2.20. The van der Waals surface area contributed by atoms with Gasteiger partial charge in [-0.25, -0.2) is 0 Å². The maximum absolute atomic E-state index is 3.89. The fraction of sp³-hybridized carbons (Fsp3) is 0.579. The lowest BCUT2D eigenvalue weighted by molar-refractivity contribution is -0.961. The first kappa shape index (κ1) is 15.3. The Morgan fingerprint density at radius 3 is 2.45 bits per heavy atom. The zero-order valence-electron chi connectivity index (χ0n) is 13.3. The molecule has 1 aliphatic rings. The van der Waals surface area contributed by atoms with Crippen molar-refractivity contribution in [3.05, 3.63) is 42.0 Å². The Hall–Kier alpha value is -1.08. The highest BCUT2D eigenvalue weighted by atomic mass is 15.4. The Morgan fingerprint density at radius 2 is 1.85 bits per heavy atom. The van der Waals surface area contributed by atoms with E-state index in [9.17, 15) is 0 Å². The molecule has 1 aromatic carbocycles. The van der Waals surface area contributed by atoms with Crippen molar-refractivity contribution in [2.24, 2.45) is 0 Å². The van der Waals surface area contributed by atoms with Crippen molar-refractivity contribution in [3.63, 3.8) is 0 Å². The molecule has 1 nitrogen and oxygen atoms in total. The smallest absolute Gasteiger partial charge is 0.105 e. The second-order valence-electron chi connectivity index (χ2n) is 6.25. The van der Waals surface area contributed by atoms with Crippen molar-refractivity contribution in [2.75, 3.05) is 13.1 Å². The standard InChI is InChI=1S/C19H30N/c1-4-17-11-10-12-18(15-17)16-20(5-2,6-3)19-13-8-7-9-14-19/h4,10-12,15,19H,1,5-9,13-14,16H2,2-3H3/q+1. The molecule has 0 N–H and O–H groups in total. The van der Waals surface area contributed by atoms with E-state index in [0.717, 1.165) is 6.04 Å². The SMILES string of the molecule is C=Cc1cccc(C[N+](CC)(CC)C2CCCCC2)c1. The number of hydrogen-bond acceptors (Lipinski definition) is 0. The largest absolute Gasteiger partial charge is 0.318 e. The van der Waals surface area contributed by atoms with E-state index in [1.165, 1.54) is 67.3 Å². The summed E-state index contributed by atoms with van der Waals surface area (Å²) in [4.78, 5) is 0. The highest BCUT2D eigenvalue weighted by molar-refractivity contribution is 5.47. The first-order valence-electron chi connectivity index (χ1n) is 8.31. The summed E-state index contributed by atoms with van der Waals surface area (Å²) in [5, 5.41) is 0. The van der Waals surface area contributed by atoms with Gasteiger partial charge in [0.15, 0.2) is 0 Å². The minimum Gasteiger partial charge on any atom is -0.318 e.